The predicted octanol–water partition coefficient (Wildman–Crippen LogP) is 3.45. The molecule has 1 aromatic carbocycles. The lowest BCUT2D eigenvalue weighted by molar-refractivity contribution is 0.0529. The zero-order valence-corrected chi connectivity index (χ0v) is 13.3. The Bertz CT molecular complexity index is 523. The maximum Gasteiger partial charge on any atom is 0.408 e. The van der Waals surface area contributed by atoms with E-state index in [4.69, 9.17) is 14.2 Å². The summed E-state index contributed by atoms with van der Waals surface area (Å²) < 4.78 is 29.0. The van der Waals surface area contributed by atoms with Gasteiger partial charge < -0.3 is 19.5 Å². The molecule has 0 spiro atoms. The van der Waals surface area contributed by atoms with Crippen LogP contribution in [0.1, 0.15) is 20.8 Å². The van der Waals surface area contributed by atoms with Gasteiger partial charge in [-0.1, -0.05) is 6.07 Å². The Morgan fingerprint density at radius 2 is 2.00 bits per heavy atom. The molecule has 0 aliphatic heterocycles. The maximum atomic E-state index is 13.5. The van der Waals surface area contributed by atoms with Crippen LogP contribution < -0.4 is 14.8 Å². The number of alkyl carbamates (subject to hydrolysis) is 1. The summed E-state index contributed by atoms with van der Waals surface area (Å²) in [5.41, 5.74) is -0.611. The quantitative estimate of drug-likeness (QED) is 0.874. The van der Waals surface area contributed by atoms with Crippen LogP contribution in [0.2, 0.25) is 0 Å². The molecule has 1 amide bonds. The van der Waals surface area contributed by atoms with Crippen molar-refractivity contribution in [2.75, 3.05) is 20.3 Å². The van der Waals surface area contributed by atoms with E-state index in [9.17, 15) is 9.18 Å². The van der Waals surface area contributed by atoms with Gasteiger partial charge in [-0.3, -0.25) is 0 Å². The molecular weight excluding hydrogens is 289 g/mol. The number of rotatable bonds is 6. The standard InChI is InChI=1S/C16H22FNO4/c1-16(2,3)22-15(19)18-11-12(17)8-9-21-14-7-5-6-13(10-14)20-4/h5-8,10H,9,11H2,1-4H3,(H,18,19). The zero-order valence-electron chi connectivity index (χ0n) is 13.3. The second kappa shape index (κ2) is 8.26. The van der Waals surface area contributed by atoms with Crippen LogP contribution in [0, 0.1) is 0 Å². The number of hydrogen-bond donors (Lipinski definition) is 1. The van der Waals surface area contributed by atoms with Crippen molar-refractivity contribution in [1.82, 2.24) is 5.32 Å². The lowest BCUT2D eigenvalue weighted by Gasteiger charge is -2.19. The van der Waals surface area contributed by atoms with E-state index in [1.165, 1.54) is 6.08 Å². The van der Waals surface area contributed by atoms with Crippen molar-refractivity contribution in [3.8, 4) is 11.5 Å². The smallest absolute Gasteiger partial charge is 0.408 e. The summed E-state index contributed by atoms with van der Waals surface area (Å²) in [6, 6.07) is 7.00. The summed E-state index contributed by atoms with van der Waals surface area (Å²) in [5, 5.41) is 2.33. The molecule has 0 aromatic heterocycles. The van der Waals surface area contributed by atoms with Crippen LogP contribution in [-0.4, -0.2) is 32.0 Å². The highest BCUT2D eigenvalue weighted by Gasteiger charge is 2.15. The summed E-state index contributed by atoms with van der Waals surface area (Å²) in [7, 11) is 1.56. The van der Waals surface area contributed by atoms with E-state index in [-0.39, 0.29) is 13.2 Å². The Labute approximate surface area is 130 Å². The number of benzene rings is 1. The fourth-order valence-electron chi connectivity index (χ4n) is 1.46. The van der Waals surface area contributed by atoms with Gasteiger partial charge in [0.05, 0.1) is 13.7 Å². The highest BCUT2D eigenvalue weighted by molar-refractivity contribution is 5.67. The first-order chi connectivity index (χ1) is 10.3. The molecule has 22 heavy (non-hydrogen) atoms. The van der Waals surface area contributed by atoms with Crippen LogP contribution in [-0.2, 0) is 4.74 Å². The highest BCUT2D eigenvalue weighted by atomic mass is 19.1. The second-order valence-electron chi connectivity index (χ2n) is 5.50. The molecule has 1 N–H and O–H groups in total. The fourth-order valence-corrected chi connectivity index (χ4v) is 1.46. The van der Waals surface area contributed by atoms with Gasteiger partial charge in [0, 0.05) is 6.07 Å². The van der Waals surface area contributed by atoms with Crippen molar-refractivity contribution in [2.45, 2.75) is 26.4 Å². The number of carbonyl (C=O) groups is 1. The van der Waals surface area contributed by atoms with E-state index in [1.54, 1.807) is 52.1 Å². The van der Waals surface area contributed by atoms with Crippen molar-refractivity contribution in [1.29, 1.82) is 0 Å². The molecule has 1 aromatic rings. The van der Waals surface area contributed by atoms with Gasteiger partial charge >= 0.3 is 6.09 Å². The van der Waals surface area contributed by atoms with Gasteiger partial charge in [0.2, 0.25) is 0 Å². The van der Waals surface area contributed by atoms with Crippen molar-refractivity contribution in [2.24, 2.45) is 0 Å². The number of carbonyl (C=O) groups excluding carboxylic acids is 1. The van der Waals surface area contributed by atoms with Gasteiger partial charge in [0.1, 0.15) is 29.5 Å². The predicted molar refractivity (Wildman–Crippen MR) is 81.9 cm³/mol. The maximum absolute atomic E-state index is 13.5. The average molecular weight is 311 g/mol. The van der Waals surface area contributed by atoms with Crippen LogP contribution in [0.5, 0.6) is 11.5 Å². The molecule has 6 heteroatoms. The number of amides is 1. The first-order valence-electron chi connectivity index (χ1n) is 6.88. The van der Waals surface area contributed by atoms with Gasteiger partial charge in [0.25, 0.3) is 0 Å². The third-order valence-electron chi connectivity index (χ3n) is 2.40. The lowest BCUT2D eigenvalue weighted by atomic mass is 10.2. The number of halogens is 1. The van der Waals surface area contributed by atoms with Gasteiger partial charge in [-0.25, -0.2) is 9.18 Å². The van der Waals surface area contributed by atoms with Crippen LogP contribution >= 0.6 is 0 Å². The number of ether oxygens (including phenoxy) is 3. The molecule has 0 radical (unpaired) electrons. The molecule has 0 atom stereocenters. The Hall–Kier alpha value is -2.24. The molecule has 0 saturated heterocycles. The van der Waals surface area contributed by atoms with Crippen LogP contribution in [0.3, 0.4) is 0 Å². The summed E-state index contributed by atoms with van der Waals surface area (Å²) >= 11 is 0. The second-order valence-corrected chi connectivity index (χ2v) is 5.50. The van der Waals surface area contributed by atoms with E-state index in [1.807, 2.05) is 0 Å². The monoisotopic (exact) mass is 311 g/mol. The summed E-state index contributed by atoms with van der Waals surface area (Å²) in [6.45, 7) is 5.02. The van der Waals surface area contributed by atoms with Crippen LogP contribution in [0.25, 0.3) is 0 Å². The minimum atomic E-state index is -0.662. The van der Waals surface area contributed by atoms with Crippen LogP contribution in [0.4, 0.5) is 9.18 Å². The Kier molecular flexibility index (Phi) is 6.69. The largest absolute Gasteiger partial charge is 0.497 e. The molecule has 0 saturated carbocycles. The fraction of sp³-hybridized carbons (Fsp3) is 0.438. The van der Waals surface area contributed by atoms with Crippen molar-refractivity contribution in [3.63, 3.8) is 0 Å². The summed E-state index contributed by atoms with van der Waals surface area (Å²) in [5.74, 6) is 0.728. The van der Waals surface area contributed by atoms with Crippen molar-refractivity contribution < 1.29 is 23.4 Å². The Balaban J connectivity index is 2.35. The lowest BCUT2D eigenvalue weighted by Crippen LogP contribution is -2.33. The molecule has 5 nitrogen and oxygen atoms in total. The van der Waals surface area contributed by atoms with E-state index >= 15 is 0 Å². The Morgan fingerprint density at radius 1 is 1.32 bits per heavy atom. The van der Waals surface area contributed by atoms with E-state index < -0.39 is 17.5 Å². The molecular formula is C16H22FNO4. The number of nitrogens with one attached hydrogen (secondary N) is 1. The molecule has 0 unspecified atom stereocenters. The Morgan fingerprint density at radius 3 is 2.64 bits per heavy atom. The normalized spacial score (nSPS) is 11.8. The summed E-state index contributed by atoms with van der Waals surface area (Å²) in [4.78, 5) is 11.4. The molecule has 0 aliphatic rings. The van der Waals surface area contributed by atoms with Crippen LogP contribution in [0.15, 0.2) is 36.2 Å². The molecule has 1 rings (SSSR count). The minimum absolute atomic E-state index is 0.0506. The SMILES string of the molecule is COc1cccc(OCC=C(F)CNC(=O)OC(C)(C)C)c1. The highest BCUT2D eigenvalue weighted by Crippen LogP contribution is 2.18. The van der Waals surface area contributed by atoms with E-state index in [0.29, 0.717) is 11.5 Å². The minimum Gasteiger partial charge on any atom is -0.497 e. The number of methoxy groups -OCH3 is 1. The average Bonchev–Trinajstić information content (AvgIpc) is 2.43. The van der Waals surface area contributed by atoms with E-state index in [0.717, 1.165) is 0 Å². The molecule has 0 fully saturated rings. The summed E-state index contributed by atoms with van der Waals surface area (Å²) in [6.07, 6.45) is 0.585. The zero-order chi connectivity index (χ0) is 16.6. The topological polar surface area (TPSA) is 56.8 Å². The van der Waals surface area contributed by atoms with Gasteiger partial charge in [-0.05, 0) is 39.0 Å². The van der Waals surface area contributed by atoms with Gasteiger partial charge in [-0.2, -0.15) is 0 Å². The third-order valence-corrected chi connectivity index (χ3v) is 2.40. The first-order valence-corrected chi connectivity index (χ1v) is 6.88. The first kappa shape index (κ1) is 17.8. The van der Waals surface area contributed by atoms with Gasteiger partial charge in [0.15, 0.2) is 0 Å². The molecule has 0 bridgehead atoms. The molecule has 0 aliphatic carbocycles. The third kappa shape index (κ3) is 7.52. The molecule has 0 heterocycles. The van der Waals surface area contributed by atoms with Gasteiger partial charge in [-0.15, -0.1) is 0 Å². The van der Waals surface area contributed by atoms with E-state index in [2.05, 4.69) is 5.32 Å². The molecule has 122 valence electrons. The van der Waals surface area contributed by atoms with Crippen molar-refractivity contribution in [3.05, 3.63) is 36.2 Å². The number of hydrogen-bond acceptors (Lipinski definition) is 4. The van der Waals surface area contributed by atoms with Crippen molar-refractivity contribution >= 4 is 6.09 Å².